The molecule has 0 fully saturated rings. The van der Waals surface area contributed by atoms with Crippen molar-refractivity contribution in [1.29, 1.82) is 0 Å². The Morgan fingerprint density at radius 3 is 1.79 bits per heavy atom. The molecule has 2 rings (SSSR count). The van der Waals surface area contributed by atoms with Crippen LogP contribution in [-0.4, -0.2) is 0 Å². The monoisotopic (exact) mass is 320 g/mol. The van der Waals surface area contributed by atoms with E-state index in [-0.39, 0.29) is 5.41 Å². The lowest BCUT2D eigenvalue weighted by molar-refractivity contribution is 0.348. The van der Waals surface area contributed by atoms with Crippen molar-refractivity contribution in [3.8, 4) is 0 Å². The van der Waals surface area contributed by atoms with E-state index in [1.165, 1.54) is 55.2 Å². The van der Waals surface area contributed by atoms with Gasteiger partial charge in [0.25, 0.3) is 0 Å². The minimum Gasteiger partial charge on any atom is -0.0952 e. The van der Waals surface area contributed by atoms with Crippen molar-refractivity contribution in [3.05, 3.63) is 78.4 Å². The third-order valence-electron chi connectivity index (χ3n) is 5.14. The van der Waals surface area contributed by atoms with Crippen molar-refractivity contribution in [3.63, 3.8) is 0 Å². The molecule has 0 amide bonds. The topological polar surface area (TPSA) is 0 Å². The first-order chi connectivity index (χ1) is 11.7. The zero-order chi connectivity index (χ0) is 17.3. The maximum atomic E-state index is 4.45. The first-order valence-corrected chi connectivity index (χ1v) is 9.50. The fraction of sp³-hybridized carbons (Fsp3) is 0.417. The zero-order valence-electron chi connectivity index (χ0n) is 15.4. The van der Waals surface area contributed by atoms with Gasteiger partial charge in [-0.1, -0.05) is 107 Å². The molecule has 0 N–H and O–H groups in total. The van der Waals surface area contributed by atoms with E-state index in [0.29, 0.717) is 0 Å². The van der Waals surface area contributed by atoms with Gasteiger partial charge < -0.3 is 0 Å². The quantitative estimate of drug-likeness (QED) is 0.427. The summed E-state index contributed by atoms with van der Waals surface area (Å²) in [5.41, 5.74) is 4.27. The van der Waals surface area contributed by atoms with E-state index in [0.717, 1.165) is 6.42 Å². The Morgan fingerprint density at radius 2 is 1.29 bits per heavy atom. The van der Waals surface area contributed by atoms with E-state index in [1.54, 1.807) is 0 Å². The normalized spacial score (nSPS) is 11.4. The van der Waals surface area contributed by atoms with Crippen LogP contribution in [0.25, 0.3) is 5.57 Å². The summed E-state index contributed by atoms with van der Waals surface area (Å²) in [7, 11) is 0. The number of hydrogen-bond acceptors (Lipinski definition) is 0. The summed E-state index contributed by atoms with van der Waals surface area (Å²) in [6, 6.07) is 21.8. The predicted octanol–water partition coefficient (Wildman–Crippen LogP) is 7.41. The number of allylic oxidation sites excluding steroid dienone is 1. The second kappa shape index (κ2) is 9.47. The van der Waals surface area contributed by atoms with Crippen LogP contribution in [-0.2, 0) is 5.41 Å². The molecule has 0 bridgehead atoms. The molecule has 0 radical (unpaired) electrons. The molecule has 0 spiro atoms. The van der Waals surface area contributed by atoms with Gasteiger partial charge in [0.1, 0.15) is 0 Å². The summed E-state index contributed by atoms with van der Waals surface area (Å²) >= 11 is 0. The van der Waals surface area contributed by atoms with Gasteiger partial charge in [0.05, 0.1) is 0 Å². The fourth-order valence-electron chi connectivity index (χ4n) is 3.70. The summed E-state index contributed by atoms with van der Waals surface area (Å²) < 4.78 is 0. The third-order valence-corrected chi connectivity index (χ3v) is 5.14. The molecular weight excluding hydrogens is 288 g/mol. The van der Waals surface area contributed by atoms with Crippen LogP contribution in [0.5, 0.6) is 0 Å². The van der Waals surface area contributed by atoms with Crippen LogP contribution in [0.2, 0.25) is 0 Å². The van der Waals surface area contributed by atoms with Gasteiger partial charge in [0.15, 0.2) is 0 Å². The van der Waals surface area contributed by atoms with Gasteiger partial charge in [-0.2, -0.15) is 0 Å². The van der Waals surface area contributed by atoms with Crippen LogP contribution in [0.1, 0.15) is 69.9 Å². The number of benzene rings is 2. The van der Waals surface area contributed by atoms with Crippen LogP contribution in [0.15, 0.2) is 67.2 Å². The molecule has 128 valence electrons. The molecule has 2 aromatic carbocycles. The third kappa shape index (κ3) is 4.84. The molecular formula is C24H32. The molecule has 0 heteroatoms. The van der Waals surface area contributed by atoms with Crippen molar-refractivity contribution in [2.24, 2.45) is 0 Å². The van der Waals surface area contributed by atoms with E-state index in [2.05, 4.69) is 81.1 Å². The van der Waals surface area contributed by atoms with Crippen LogP contribution in [0.3, 0.4) is 0 Å². The van der Waals surface area contributed by atoms with Crippen molar-refractivity contribution in [2.75, 3.05) is 0 Å². The van der Waals surface area contributed by atoms with Gasteiger partial charge >= 0.3 is 0 Å². The molecule has 0 atom stereocenters. The van der Waals surface area contributed by atoms with Gasteiger partial charge in [-0.15, -0.1) is 0 Å². The molecule has 0 nitrogen and oxygen atoms in total. The number of rotatable bonds is 10. The highest BCUT2D eigenvalue weighted by Gasteiger charge is 2.31. The van der Waals surface area contributed by atoms with Crippen LogP contribution in [0, 0.1) is 0 Å². The Kier molecular flexibility index (Phi) is 7.31. The van der Waals surface area contributed by atoms with Gasteiger partial charge in [-0.25, -0.2) is 0 Å². The highest BCUT2D eigenvalue weighted by atomic mass is 14.4. The summed E-state index contributed by atoms with van der Waals surface area (Å²) in [5, 5.41) is 0. The first kappa shape index (κ1) is 18.5. The van der Waals surface area contributed by atoms with E-state index in [4.69, 9.17) is 0 Å². The molecule has 0 aliphatic carbocycles. The highest BCUT2D eigenvalue weighted by molar-refractivity contribution is 5.64. The molecule has 0 aliphatic rings. The van der Waals surface area contributed by atoms with Crippen molar-refractivity contribution in [1.82, 2.24) is 0 Å². The average Bonchev–Trinajstić information content (AvgIpc) is 2.65. The van der Waals surface area contributed by atoms with E-state index >= 15 is 0 Å². The second-order valence-corrected chi connectivity index (χ2v) is 7.00. The SMILES string of the molecule is C=C(CC(CCCC)(CCCC)c1ccccc1)c1ccccc1. The lowest BCUT2D eigenvalue weighted by atomic mass is 9.68. The first-order valence-electron chi connectivity index (χ1n) is 9.50. The van der Waals surface area contributed by atoms with E-state index in [1.807, 2.05) is 0 Å². The maximum absolute atomic E-state index is 4.45. The summed E-state index contributed by atoms with van der Waals surface area (Å²) in [6.07, 6.45) is 8.61. The Morgan fingerprint density at radius 1 is 0.792 bits per heavy atom. The van der Waals surface area contributed by atoms with Gasteiger partial charge in [-0.3, -0.25) is 0 Å². The van der Waals surface area contributed by atoms with Gasteiger partial charge in [0, 0.05) is 0 Å². The minimum atomic E-state index is 0.222. The largest absolute Gasteiger partial charge is 0.0952 e. The second-order valence-electron chi connectivity index (χ2n) is 7.00. The Hall–Kier alpha value is -1.82. The zero-order valence-corrected chi connectivity index (χ0v) is 15.4. The molecule has 24 heavy (non-hydrogen) atoms. The molecule has 0 aliphatic heterocycles. The summed E-state index contributed by atoms with van der Waals surface area (Å²) in [5.74, 6) is 0. The fourth-order valence-corrected chi connectivity index (χ4v) is 3.70. The standard InChI is InChI=1S/C24H32/c1-4-6-18-24(19-7-5-2,23-16-12-9-13-17-23)20-21(3)22-14-10-8-11-15-22/h8-17H,3-7,18-20H2,1-2H3. The highest BCUT2D eigenvalue weighted by Crippen LogP contribution is 2.42. The molecule has 0 heterocycles. The Balaban J connectivity index is 2.33. The van der Waals surface area contributed by atoms with E-state index in [9.17, 15) is 0 Å². The minimum absolute atomic E-state index is 0.222. The van der Waals surface area contributed by atoms with Crippen molar-refractivity contribution >= 4 is 5.57 Å². The van der Waals surface area contributed by atoms with E-state index < -0.39 is 0 Å². The average molecular weight is 321 g/mol. The van der Waals surface area contributed by atoms with Gasteiger partial charge in [-0.05, 0) is 41.4 Å². The lowest BCUT2D eigenvalue weighted by Crippen LogP contribution is -2.27. The number of hydrogen-bond donors (Lipinski definition) is 0. The summed E-state index contributed by atoms with van der Waals surface area (Å²) in [4.78, 5) is 0. The Bertz CT molecular complexity index is 586. The molecule has 0 saturated carbocycles. The van der Waals surface area contributed by atoms with Gasteiger partial charge in [0.2, 0.25) is 0 Å². The summed E-state index contributed by atoms with van der Waals surface area (Å²) in [6.45, 7) is 9.04. The maximum Gasteiger partial charge on any atom is -0.000665 e. The molecule has 0 saturated heterocycles. The molecule has 0 aromatic heterocycles. The molecule has 2 aromatic rings. The number of unbranched alkanes of at least 4 members (excludes halogenated alkanes) is 2. The molecule has 0 unspecified atom stereocenters. The van der Waals surface area contributed by atoms with Crippen LogP contribution < -0.4 is 0 Å². The van der Waals surface area contributed by atoms with Crippen molar-refractivity contribution in [2.45, 2.75) is 64.2 Å². The van der Waals surface area contributed by atoms with Crippen LogP contribution in [0.4, 0.5) is 0 Å². The Labute approximate surface area is 148 Å². The predicted molar refractivity (Wildman–Crippen MR) is 107 cm³/mol. The lowest BCUT2D eigenvalue weighted by Gasteiger charge is -2.36. The van der Waals surface area contributed by atoms with Crippen LogP contribution >= 0.6 is 0 Å². The van der Waals surface area contributed by atoms with Crippen molar-refractivity contribution < 1.29 is 0 Å². The smallest absolute Gasteiger partial charge is 0.000665 e.